The average Bonchev–Trinajstić information content (AvgIpc) is 2.14. The zero-order chi connectivity index (χ0) is 10.4. The Balaban J connectivity index is 4.18. The van der Waals surface area contributed by atoms with Crippen molar-refractivity contribution >= 4 is 21.8 Å². The summed E-state index contributed by atoms with van der Waals surface area (Å²) in [6.07, 6.45) is 1.15. The van der Waals surface area contributed by atoms with Crippen LogP contribution >= 0.6 is 15.9 Å². The summed E-state index contributed by atoms with van der Waals surface area (Å²) in [6, 6.07) is 2.04. The van der Waals surface area contributed by atoms with Crippen molar-refractivity contribution in [3.63, 3.8) is 0 Å². The number of carbonyl (C=O) groups is 1. The number of rotatable bonds is 4. The predicted octanol–water partition coefficient (Wildman–Crippen LogP) is 1.92. The van der Waals surface area contributed by atoms with E-state index in [1.54, 1.807) is 11.9 Å². The minimum Gasteiger partial charge on any atom is -0.341 e. The second-order valence-corrected chi connectivity index (χ2v) is 4.14. The monoisotopic (exact) mass is 246 g/mol. The summed E-state index contributed by atoms with van der Waals surface area (Å²) in [7, 11) is 1.73. The summed E-state index contributed by atoms with van der Waals surface area (Å²) < 4.78 is 0. The van der Waals surface area contributed by atoms with E-state index in [-0.39, 0.29) is 16.8 Å². The Morgan fingerprint density at radius 1 is 1.69 bits per heavy atom. The summed E-state index contributed by atoms with van der Waals surface area (Å²) >= 11 is 3.29. The van der Waals surface area contributed by atoms with Gasteiger partial charge < -0.3 is 4.90 Å². The average molecular weight is 247 g/mol. The molecule has 74 valence electrons. The molecule has 4 heteroatoms. The van der Waals surface area contributed by atoms with Crippen LogP contribution in [0.4, 0.5) is 0 Å². The van der Waals surface area contributed by atoms with Crippen LogP contribution in [-0.2, 0) is 4.79 Å². The lowest BCUT2D eigenvalue weighted by molar-refractivity contribution is -0.130. The van der Waals surface area contributed by atoms with Crippen LogP contribution in [0.3, 0.4) is 0 Å². The highest BCUT2D eigenvalue weighted by molar-refractivity contribution is 9.10. The molecule has 3 nitrogen and oxygen atoms in total. The second-order valence-electron chi connectivity index (χ2n) is 3.04. The minimum absolute atomic E-state index is 0.0101. The zero-order valence-corrected chi connectivity index (χ0v) is 9.84. The molecule has 2 unspecified atom stereocenters. The number of alkyl halides is 1. The predicted molar refractivity (Wildman–Crippen MR) is 55.5 cm³/mol. The first-order valence-electron chi connectivity index (χ1n) is 4.32. The van der Waals surface area contributed by atoms with Crippen LogP contribution in [0.1, 0.15) is 26.7 Å². The van der Waals surface area contributed by atoms with E-state index in [4.69, 9.17) is 5.26 Å². The fraction of sp³-hybridized carbons (Fsp3) is 0.778. The van der Waals surface area contributed by atoms with Gasteiger partial charge in [-0.15, -0.1) is 0 Å². The molecule has 0 aliphatic carbocycles. The number of nitriles is 1. The highest BCUT2D eigenvalue weighted by Gasteiger charge is 2.20. The Bertz CT molecular complexity index is 212. The van der Waals surface area contributed by atoms with E-state index in [1.165, 1.54) is 0 Å². The molecule has 0 saturated heterocycles. The van der Waals surface area contributed by atoms with Gasteiger partial charge in [-0.1, -0.05) is 22.9 Å². The minimum atomic E-state index is -0.126. The highest BCUT2D eigenvalue weighted by atomic mass is 79.9. The summed E-state index contributed by atoms with van der Waals surface area (Å²) in [6.45, 7) is 3.82. The van der Waals surface area contributed by atoms with E-state index in [1.807, 2.05) is 13.8 Å². The van der Waals surface area contributed by atoms with E-state index >= 15 is 0 Å². The van der Waals surface area contributed by atoms with Crippen LogP contribution in [-0.4, -0.2) is 28.7 Å². The van der Waals surface area contributed by atoms with Gasteiger partial charge in [-0.3, -0.25) is 4.79 Å². The molecule has 0 fully saturated rings. The quantitative estimate of drug-likeness (QED) is 0.712. The van der Waals surface area contributed by atoms with Crippen LogP contribution in [0.15, 0.2) is 0 Å². The molecular weight excluding hydrogens is 232 g/mol. The van der Waals surface area contributed by atoms with Gasteiger partial charge in [0.2, 0.25) is 5.91 Å². The van der Waals surface area contributed by atoms with Gasteiger partial charge in [0.05, 0.1) is 17.3 Å². The maximum absolute atomic E-state index is 11.6. The largest absolute Gasteiger partial charge is 0.341 e. The summed E-state index contributed by atoms with van der Waals surface area (Å²) in [5.41, 5.74) is 0. The Hall–Kier alpha value is -0.560. The van der Waals surface area contributed by atoms with Gasteiger partial charge in [-0.05, 0) is 13.3 Å². The first kappa shape index (κ1) is 12.4. The third-order valence-electron chi connectivity index (χ3n) is 2.02. The SMILES string of the molecule is CCC(Br)C(=O)N(C)C(C)CC#N. The number of amides is 1. The molecule has 0 bridgehead atoms. The fourth-order valence-corrected chi connectivity index (χ4v) is 1.20. The van der Waals surface area contributed by atoms with Crippen LogP contribution < -0.4 is 0 Å². The smallest absolute Gasteiger partial charge is 0.236 e. The molecule has 0 aromatic heterocycles. The Kier molecular flexibility index (Phi) is 5.72. The molecule has 0 saturated carbocycles. The van der Waals surface area contributed by atoms with Gasteiger partial charge >= 0.3 is 0 Å². The number of hydrogen-bond donors (Lipinski definition) is 0. The van der Waals surface area contributed by atoms with Crippen LogP contribution in [0, 0.1) is 11.3 Å². The maximum atomic E-state index is 11.6. The van der Waals surface area contributed by atoms with E-state index in [9.17, 15) is 4.79 Å². The topological polar surface area (TPSA) is 44.1 Å². The first-order valence-corrected chi connectivity index (χ1v) is 5.23. The molecule has 0 heterocycles. The molecular formula is C9H15BrN2O. The van der Waals surface area contributed by atoms with Crippen molar-refractivity contribution in [1.82, 2.24) is 4.90 Å². The summed E-state index contributed by atoms with van der Waals surface area (Å²) in [4.78, 5) is 13.1. The zero-order valence-electron chi connectivity index (χ0n) is 8.25. The summed E-state index contributed by atoms with van der Waals surface area (Å²) in [5.74, 6) is 0.0465. The van der Waals surface area contributed by atoms with E-state index in [0.717, 1.165) is 6.42 Å². The maximum Gasteiger partial charge on any atom is 0.236 e. The van der Waals surface area contributed by atoms with E-state index in [2.05, 4.69) is 22.0 Å². The van der Waals surface area contributed by atoms with Gasteiger partial charge in [-0.2, -0.15) is 5.26 Å². The second kappa shape index (κ2) is 5.98. The summed E-state index contributed by atoms with van der Waals surface area (Å²) in [5, 5.41) is 8.46. The normalized spacial score (nSPS) is 14.4. The lowest BCUT2D eigenvalue weighted by Gasteiger charge is -2.24. The van der Waals surface area contributed by atoms with E-state index < -0.39 is 0 Å². The van der Waals surface area contributed by atoms with E-state index in [0.29, 0.717) is 6.42 Å². The Labute approximate surface area is 87.8 Å². The standard InChI is InChI=1S/C9H15BrN2O/c1-4-8(10)9(13)12(3)7(2)5-6-11/h7-8H,4-5H2,1-3H3. The van der Waals surface area contributed by atoms with Crippen molar-refractivity contribution in [2.45, 2.75) is 37.6 Å². The third kappa shape index (κ3) is 3.77. The molecule has 0 N–H and O–H groups in total. The highest BCUT2D eigenvalue weighted by Crippen LogP contribution is 2.11. The van der Waals surface area contributed by atoms with Gasteiger partial charge in [0.25, 0.3) is 0 Å². The van der Waals surface area contributed by atoms with Crippen molar-refractivity contribution < 1.29 is 4.79 Å². The van der Waals surface area contributed by atoms with Gasteiger partial charge in [0, 0.05) is 13.1 Å². The number of halogens is 1. The number of carbonyl (C=O) groups excluding carboxylic acids is 1. The van der Waals surface area contributed by atoms with Crippen LogP contribution in [0.2, 0.25) is 0 Å². The Morgan fingerprint density at radius 2 is 2.23 bits per heavy atom. The molecule has 0 aromatic rings. The Morgan fingerprint density at radius 3 is 2.62 bits per heavy atom. The van der Waals surface area contributed by atoms with Crippen molar-refractivity contribution in [2.24, 2.45) is 0 Å². The number of hydrogen-bond acceptors (Lipinski definition) is 2. The molecule has 0 rings (SSSR count). The molecule has 1 amide bonds. The van der Waals surface area contributed by atoms with Gasteiger partial charge in [0.15, 0.2) is 0 Å². The van der Waals surface area contributed by atoms with Crippen molar-refractivity contribution in [3.8, 4) is 6.07 Å². The first-order chi connectivity index (χ1) is 6.04. The molecule has 13 heavy (non-hydrogen) atoms. The van der Waals surface area contributed by atoms with Crippen LogP contribution in [0.25, 0.3) is 0 Å². The molecule has 0 aromatic carbocycles. The molecule has 0 spiro atoms. The molecule has 0 radical (unpaired) electrons. The fourth-order valence-electron chi connectivity index (χ4n) is 0.882. The lowest BCUT2D eigenvalue weighted by Crippen LogP contribution is -2.39. The van der Waals surface area contributed by atoms with Gasteiger partial charge in [-0.25, -0.2) is 0 Å². The molecule has 0 aliphatic rings. The van der Waals surface area contributed by atoms with Crippen molar-refractivity contribution in [1.29, 1.82) is 5.26 Å². The van der Waals surface area contributed by atoms with Crippen molar-refractivity contribution in [3.05, 3.63) is 0 Å². The number of nitrogens with zero attached hydrogens (tertiary/aromatic N) is 2. The van der Waals surface area contributed by atoms with Gasteiger partial charge in [0.1, 0.15) is 0 Å². The lowest BCUT2D eigenvalue weighted by atomic mass is 10.2. The van der Waals surface area contributed by atoms with Crippen molar-refractivity contribution in [2.75, 3.05) is 7.05 Å². The third-order valence-corrected chi connectivity index (χ3v) is 3.06. The van der Waals surface area contributed by atoms with Crippen LogP contribution in [0.5, 0.6) is 0 Å². The molecule has 0 aliphatic heterocycles. The molecule has 2 atom stereocenters.